The zero-order valence-corrected chi connectivity index (χ0v) is 14.6. The van der Waals surface area contributed by atoms with Crippen molar-refractivity contribution in [1.82, 2.24) is 19.5 Å². The second-order valence-electron chi connectivity index (χ2n) is 6.01. The van der Waals surface area contributed by atoms with Gasteiger partial charge in [-0.3, -0.25) is 4.79 Å². The van der Waals surface area contributed by atoms with Gasteiger partial charge in [0.05, 0.1) is 31.3 Å². The molecule has 1 saturated heterocycles. The predicted octanol–water partition coefficient (Wildman–Crippen LogP) is 1.33. The number of carbonyl (C=O) groups is 1. The largest absolute Gasteiger partial charge is 0.396 e. The Labute approximate surface area is 155 Å². The van der Waals surface area contributed by atoms with Crippen LogP contribution in [0.25, 0.3) is 5.82 Å². The van der Waals surface area contributed by atoms with E-state index < -0.39 is 5.91 Å². The van der Waals surface area contributed by atoms with Gasteiger partial charge in [0.25, 0.3) is 5.91 Å². The standard InChI is InChI=1S/C18H19N7O2/c19-13-3-4-15(24-5-1-2-6-24)22-17(13)23-18(26)14-11-21-16(12-20-14)25-7-9-27-10-8-25/h1-6,11-12H,7-10,19H2,(H,22,23,26). The van der Waals surface area contributed by atoms with Crippen LogP contribution in [0.3, 0.4) is 0 Å². The van der Waals surface area contributed by atoms with E-state index in [1.165, 1.54) is 6.20 Å². The van der Waals surface area contributed by atoms with Gasteiger partial charge in [-0.15, -0.1) is 0 Å². The summed E-state index contributed by atoms with van der Waals surface area (Å²) in [4.78, 5) is 27.5. The van der Waals surface area contributed by atoms with Gasteiger partial charge in [0.15, 0.2) is 5.82 Å². The molecule has 3 aromatic heterocycles. The number of rotatable bonds is 4. The van der Waals surface area contributed by atoms with Crippen molar-refractivity contribution in [3.05, 3.63) is 54.7 Å². The lowest BCUT2D eigenvalue weighted by Crippen LogP contribution is -2.36. The van der Waals surface area contributed by atoms with Crippen molar-refractivity contribution < 1.29 is 9.53 Å². The summed E-state index contributed by atoms with van der Waals surface area (Å²) in [6.07, 6.45) is 6.76. The van der Waals surface area contributed by atoms with Crippen LogP contribution in [0.4, 0.5) is 17.3 Å². The van der Waals surface area contributed by atoms with Crippen LogP contribution in [0.15, 0.2) is 49.1 Å². The molecule has 1 fully saturated rings. The topological polar surface area (TPSA) is 111 Å². The summed E-state index contributed by atoms with van der Waals surface area (Å²) in [5, 5.41) is 2.70. The number of carbonyl (C=O) groups excluding carboxylic acids is 1. The fourth-order valence-corrected chi connectivity index (χ4v) is 2.76. The van der Waals surface area contributed by atoms with E-state index in [4.69, 9.17) is 10.5 Å². The Balaban J connectivity index is 1.49. The number of morpholine rings is 1. The van der Waals surface area contributed by atoms with Gasteiger partial charge in [-0.25, -0.2) is 15.0 Å². The minimum Gasteiger partial charge on any atom is -0.396 e. The molecule has 4 heterocycles. The lowest BCUT2D eigenvalue weighted by Gasteiger charge is -2.27. The van der Waals surface area contributed by atoms with Crippen LogP contribution in [-0.2, 0) is 4.74 Å². The lowest BCUT2D eigenvalue weighted by atomic mass is 10.3. The number of nitrogens with two attached hydrogens (primary N) is 1. The Bertz CT molecular complexity index is 919. The van der Waals surface area contributed by atoms with E-state index in [0.717, 1.165) is 18.9 Å². The normalized spacial score (nSPS) is 14.1. The molecule has 3 aromatic rings. The first-order valence-corrected chi connectivity index (χ1v) is 8.57. The highest BCUT2D eigenvalue weighted by Crippen LogP contribution is 2.19. The average molecular weight is 365 g/mol. The van der Waals surface area contributed by atoms with E-state index in [1.54, 1.807) is 18.3 Å². The molecular formula is C18H19N7O2. The number of hydrogen-bond donors (Lipinski definition) is 2. The molecule has 9 heteroatoms. The molecule has 0 aliphatic carbocycles. The monoisotopic (exact) mass is 365 g/mol. The number of pyridine rings is 1. The molecule has 4 rings (SSSR count). The van der Waals surface area contributed by atoms with E-state index in [1.807, 2.05) is 29.1 Å². The molecule has 0 saturated carbocycles. The van der Waals surface area contributed by atoms with Crippen molar-refractivity contribution in [2.45, 2.75) is 0 Å². The number of anilines is 3. The highest BCUT2D eigenvalue weighted by molar-refractivity contribution is 6.03. The minimum atomic E-state index is -0.417. The summed E-state index contributed by atoms with van der Waals surface area (Å²) in [5.74, 6) is 1.24. The number of hydrogen-bond acceptors (Lipinski definition) is 7. The Morgan fingerprint density at radius 1 is 1.07 bits per heavy atom. The van der Waals surface area contributed by atoms with Crippen molar-refractivity contribution in [2.75, 3.05) is 42.3 Å². The summed E-state index contributed by atoms with van der Waals surface area (Å²) in [7, 11) is 0. The molecule has 138 valence electrons. The highest BCUT2D eigenvalue weighted by Gasteiger charge is 2.16. The van der Waals surface area contributed by atoms with E-state index in [-0.39, 0.29) is 11.5 Å². The third-order valence-corrected chi connectivity index (χ3v) is 4.22. The highest BCUT2D eigenvalue weighted by atomic mass is 16.5. The van der Waals surface area contributed by atoms with Crippen LogP contribution < -0.4 is 16.0 Å². The first-order valence-electron chi connectivity index (χ1n) is 8.57. The van der Waals surface area contributed by atoms with Crippen LogP contribution in [-0.4, -0.2) is 51.7 Å². The maximum Gasteiger partial charge on any atom is 0.277 e. The van der Waals surface area contributed by atoms with E-state index >= 15 is 0 Å². The quantitative estimate of drug-likeness (QED) is 0.717. The fraction of sp³-hybridized carbons (Fsp3) is 0.222. The zero-order valence-electron chi connectivity index (χ0n) is 14.6. The van der Waals surface area contributed by atoms with Crippen molar-refractivity contribution in [2.24, 2.45) is 0 Å². The fourth-order valence-electron chi connectivity index (χ4n) is 2.76. The lowest BCUT2D eigenvalue weighted by molar-refractivity contribution is 0.102. The Hall–Kier alpha value is -3.46. The van der Waals surface area contributed by atoms with Crippen molar-refractivity contribution >= 4 is 23.2 Å². The van der Waals surface area contributed by atoms with E-state index in [9.17, 15) is 4.79 Å². The number of amides is 1. The molecule has 1 aliphatic rings. The molecule has 9 nitrogen and oxygen atoms in total. The van der Waals surface area contributed by atoms with Gasteiger partial charge in [0, 0.05) is 25.5 Å². The zero-order chi connectivity index (χ0) is 18.6. The first kappa shape index (κ1) is 17.0. The second kappa shape index (κ2) is 7.42. The molecule has 0 atom stereocenters. The summed E-state index contributed by atoms with van der Waals surface area (Å²) >= 11 is 0. The predicted molar refractivity (Wildman–Crippen MR) is 101 cm³/mol. The number of aromatic nitrogens is 4. The van der Waals surface area contributed by atoms with Crippen LogP contribution in [0.1, 0.15) is 10.5 Å². The summed E-state index contributed by atoms with van der Waals surface area (Å²) in [6.45, 7) is 2.83. The third-order valence-electron chi connectivity index (χ3n) is 4.22. The molecule has 0 spiro atoms. The van der Waals surface area contributed by atoms with Gasteiger partial charge >= 0.3 is 0 Å². The molecule has 0 aromatic carbocycles. The molecule has 0 unspecified atom stereocenters. The number of ether oxygens (including phenoxy) is 1. The van der Waals surface area contributed by atoms with Crippen LogP contribution in [0.2, 0.25) is 0 Å². The molecular weight excluding hydrogens is 346 g/mol. The SMILES string of the molecule is Nc1ccc(-n2cccc2)nc1NC(=O)c1cnc(N2CCOCC2)cn1. The van der Waals surface area contributed by atoms with Gasteiger partial charge in [0.1, 0.15) is 17.3 Å². The van der Waals surface area contributed by atoms with Gasteiger partial charge in [0.2, 0.25) is 0 Å². The van der Waals surface area contributed by atoms with Crippen LogP contribution in [0.5, 0.6) is 0 Å². The third kappa shape index (κ3) is 3.72. The smallest absolute Gasteiger partial charge is 0.277 e. The minimum absolute atomic E-state index is 0.194. The van der Waals surface area contributed by atoms with E-state index in [0.29, 0.717) is 24.7 Å². The van der Waals surface area contributed by atoms with Gasteiger partial charge in [-0.2, -0.15) is 0 Å². The Kier molecular flexibility index (Phi) is 4.67. The second-order valence-corrected chi connectivity index (χ2v) is 6.01. The summed E-state index contributed by atoms with van der Waals surface area (Å²) < 4.78 is 7.15. The Morgan fingerprint density at radius 3 is 2.56 bits per heavy atom. The maximum absolute atomic E-state index is 12.5. The van der Waals surface area contributed by atoms with Gasteiger partial charge < -0.3 is 25.3 Å². The van der Waals surface area contributed by atoms with Crippen molar-refractivity contribution in [1.29, 1.82) is 0 Å². The molecule has 3 N–H and O–H groups in total. The number of nitrogens with one attached hydrogen (secondary N) is 1. The summed E-state index contributed by atoms with van der Waals surface area (Å²) in [5.41, 5.74) is 6.52. The van der Waals surface area contributed by atoms with Crippen molar-refractivity contribution in [3.8, 4) is 5.82 Å². The van der Waals surface area contributed by atoms with Crippen LogP contribution >= 0.6 is 0 Å². The van der Waals surface area contributed by atoms with Crippen molar-refractivity contribution in [3.63, 3.8) is 0 Å². The van der Waals surface area contributed by atoms with Crippen LogP contribution in [0, 0.1) is 0 Å². The Morgan fingerprint density at radius 2 is 1.85 bits per heavy atom. The number of nitrogens with zero attached hydrogens (tertiary/aromatic N) is 5. The first-order chi connectivity index (χ1) is 13.2. The molecule has 1 amide bonds. The molecule has 0 radical (unpaired) electrons. The summed E-state index contributed by atoms with van der Waals surface area (Å²) in [6, 6.07) is 7.26. The average Bonchev–Trinajstić information content (AvgIpc) is 3.25. The van der Waals surface area contributed by atoms with Gasteiger partial charge in [-0.05, 0) is 24.3 Å². The van der Waals surface area contributed by atoms with Gasteiger partial charge in [-0.1, -0.05) is 0 Å². The number of nitrogen functional groups attached to an aromatic ring is 1. The molecule has 27 heavy (non-hydrogen) atoms. The molecule has 0 bridgehead atoms. The van der Waals surface area contributed by atoms with E-state index in [2.05, 4.69) is 25.2 Å². The maximum atomic E-state index is 12.5. The molecule has 1 aliphatic heterocycles.